The van der Waals surface area contributed by atoms with Gasteiger partial charge < -0.3 is 9.88 Å². The average molecular weight is 336 g/mol. The molecule has 0 aliphatic carbocycles. The minimum atomic E-state index is -2.81. The molecule has 3 rings (SSSR count). The summed E-state index contributed by atoms with van der Waals surface area (Å²) in [6.07, 6.45) is 2.60. The van der Waals surface area contributed by atoms with E-state index in [1.807, 2.05) is 4.57 Å². The van der Waals surface area contributed by atoms with Crippen molar-refractivity contribution in [3.63, 3.8) is 0 Å². The first-order valence-corrected chi connectivity index (χ1v) is 7.30. The normalized spacial score (nSPS) is 24.2. The minimum absolute atomic E-state index is 0. The van der Waals surface area contributed by atoms with Gasteiger partial charge in [-0.15, -0.1) is 22.6 Å². The van der Waals surface area contributed by atoms with Crippen molar-refractivity contribution < 1.29 is 13.6 Å². The van der Waals surface area contributed by atoms with Crippen molar-refractivity contribution in [1.29, 1.82) is 0 Å². The molecule has 6 nitrogen and oxygen atoms in total. The first-order chi connectivity index (χ1) is 9.96. The van der Waals surface area contributed by atoms with Crippen LogP contribution in [0.2, 0.25) is 0 Å². The van der Waals surface area contributed by atoms with Gasteiger partial charge in [0, 0.05) is 19.4 Å². The summed E-state index contributed by atoms with van der Waals surface area (Å²) in [5.41, 5.74) is 0. The first-order valence-electron chi connectivity index (χ1n) is 7.30. The second-order valence-electron chi connectivity index (χ2n) is 5.81. The summed E-state index contributed by atoms with van der Waals surface area (Å²) in [6.45, 7) is 2.20. The molecule has 3 heterocycles. The largest absolute Gasteiger partial charge is 0.345 e. The van der Waals surface area contributed by atoms with Crippen LogP contribution in [0.1, 0.15) is 43.9 Å². The zero-order chi connectivity index (χ0) is 15.0. The predicted octanol–water partition coefficient (Wildman–Crippen LogP) is 1.21. The number of aromatic nitrogens is 3. The van der Waals surface area contributed by atoms with Crippen LogP contribution in [-0.2, 0) is 17.8 Å². The van der Waals surface area contributed by atoms with Crippen LogP contribution in [0.15, 0.2) is 0 Å². The van der Waals surface area contributed by atoms with Crippen LogP contribution in [0.5, 0.6) is 0 Å². The Morgan fingerprint density at radius 2 is 2.23 bits per heavy atom. The number of nitrogens with zero attached hydrogens (tertiary/aromatic N) is 3. The van der Waals surface area contributed by atoms with E-state index in [1.54, 1.807) is 6.92 Å². The van der Waals surface area contributed by atoms with Crippen molar-refractivity contribution >= 4 is 18.3 Å². The van der Waals surface area contributed by atoms with Crippen LogP contribution in [-0.4, -0.2) is 39.2 Å². The van der Waals surface area contributed by atoms with Gasteiger partial charge in [0.1, 0.15) is 5.82 Å². The van der Waals surface area contributed by atoms with Gasteiger partial charge >= 0.3 is 0 Å². The third kappa shape index (κ3) is 3.38. The maximum Gasteiger partial charge on any atom is 0.262 e. The summed E-state index contributed by atoms with van der Waals surface area (Å²) in [6, 6.07) is -1.18. The van der Waals surface area contributed by atoms with Crippen LogP contribution >= 0.6 is 12.4 Å². The van der Waals surface area contributed by atoms with Crippen molar-refractivity contribution in [2.75, 3.05) is 6.54 Å². The minimum Gasteiger partial charge on any atom is -0.345 e. The molecule has 0 aromatic carbocycles. The molecule has 2 atom stereocenters. The highest BCUT2D eigenvalue weighted by Crippen LogP contribution is 2.26. The SMILES string of the molecule is CC(NC(=O)C1CC(F)(F)CN1)c1nnc2n1CCCC2.Cl. The lowest BCUT2D eigenvalue weighted by Crippen LogP contribution is -2.42. The Morgan fingerprint density at radius 1 is 1.45 bits per heavy atom. The lowest BCUT2D eigenvalue weighted by Gasteiger charge is -2.20. The Hall–Kier alpha value is -1.28. The van der Waals surface area contributed by atoms with E-state index in [1.165, 1.54) is 0 Å². The number of carbonyl (C=O) groups excluding carboxylic acids is 1. The van der Waals surface area contributed by atoms with E-state index in [0.717, 1.165) is 31.6 Å². The van der Waals surface area contributed by atoms with Gasteiger partial charge in [-0.05, 0) is 19.8 Å². The lowest BCUT2D eigenvalue weighted by atomic mass is 10.1. The van der Waals surface area contributed by atoms with Gasteiger partial charge in [-0.25, -0.2) is 8.78 Å². The second-order valence-corrected chi connectivity index (χ2v) is 5.81. The molecule has 1 saturated heterocycles. The molecule has 0 saturated carbocycles. The van der Waals surface area contributed by atoms with Gasteiger partial charge in [-0.2, -0.15) is 0 Å². The number of amides is 1. The monoisotopic (exact) mass is 335 g/mol. The van der Waals surface area contributed by atoms with Crippen LogP contribution < -0.4 is 10.6 Å². The van der Waals surface area contributed by atoms with E-state index in [2.05, 4.69) is 20.8 Å². The highest BCUT2D eigenvalue weighted by molar-refractivity contribution is 5.85. The molecule has 1 fully saturated rings. The van der Waals surface area contributed by atoms with Crippen molar-refractivity contribution in [3.8, 4) is 0 Å². The molecular formula is C13H20ClF2N5O. The zero-order valence-corrected chi connectivity index (χ0v) is 13.1. The Kier molecular flexibility index (Phi) is 5.01. The number of alkyl halides is 2. The van der Waals surface area contributed by atoms with Crippen molar-refractivity contribution in [2.45, 2.75) is 57.2 Å². The van der Waals surface area contributed by atoms with Crippen molar-refractivity contribution in [2.24, 2.45) is 0 Å². The molecule has 2 aliphatic rings. The Labute approximate surface area is 133 Å². The predicted molar refractivity (Wildman–Crippen MR) is 78.1 cm³/mol. The van der Waals surface area contributed by atoms with E-state index in [9.17, 15) is 13.6 Å². The summed E-state index contributed by atoms with van der Waals surface area (Å²) in [7, 11) is 0. The van der Waals surface area contributed by atoms with Crippen LogP contribution in [0.3, 0.4) is 0 Å². The summed E-state index contributed by atoms with van der Waals surface area (Å²) in [4.78, 5) is 12.0. The molecule has 0 spiro atoms. The fraction of sp³-hybridized carbons (Fsp3) is 0.769. The number of hydrogen-bond acceptors (Lipinski definition) is 4. The number of nitrogens with one attached hydrogen (secondary N) is 2. The number of fused-ring (bicyclic) bond motifs is 1. The van der Waals surface area contributed by atoms with Gasteiger partial charge in [0.25, 0.3) is 5.92 Å². The van der Waals surface area contributed by atoms with Crippen molar-refractivity contribution in [1.82, 2.24) is 25.4 Å². The molecule has 2 unspecified atom stereocenters. The average Bonchev–Trinajstić information content (AvgIpc) is 3.01. The Morgan fingerprint density at radius 3 is 2.91 bits per heavy atom. The summed E-state index contributed by atoms with van der Waals surface area (Å²) in [5, 5.41) is 13.6. The number of rotatable bonds is 3. The maximum absolute atomic E-state index is 13.1. The Bertz CT molecular complexity index is 551. The first kappa shape index (κ1) is 17.1. The molecule has 9 heteroatoms. The van der Waals surface area contributed by atoms with Gasteiger partial charge in [-0.3, -0.25) is 10.1 Å². The molecule has 1 aromatic rings. The van der Waals surface area contributed by atoms with Gasteiger partial charge in [0.05, 0.1) is 18.6 Å². The third-order valence-electron chi connectivity index (χ3n) is 4.06. The molecular weight excluding hydrogens is 316 g/mol. The topological polar surface area (TPSA) is 71.8 Å². The van der Waals surface area contributed by atoms with Crippen LogP contribution in [0.4, 0.5) is 8.78 Å². The van der Waals surface area contributed by atoms with E-state index in [0.29, 0.717) is 5.82 Å². The van der Waals surface area contributed by atoms with Gasteiger partial charge in [-0.1, -0.05) is 0 Å². The van der Waals surface area contributed by atoms with Gasteiger partial charge in [0.2, 0.25) is 5.91 Å². The van der Waals surface area contributed by atoms with E-state index in [-0.39, 0.29) is 18.4 Å². The van der Waals surface area contributed by atoms with Crippen LogP contribution in [0, 0.1) is 0 Å². The molecule has 1 amide bonds. The fourth-order valence-electron chi connectivity index (χ4n) is 2.93. The maximum atomic E-state index is 13.1. The summed E-state index contributed by atoms with van der Waals surface area (Å²) in [5.74, 6) is -1.59. The molecule has 2 N–H and O–H groups in total. The molecule has 22 heavy (non-hydrogen) atoms. The smallest absolute Gasteiger partial charge is 0.262 e. The summed E-state index contributed by atoms with van der Waals surface area (Å²) >= 11 is 0. The van der Waals surface area contributed by atoms with E-state index < -0.39 is 30.8 Å². The third-order valence-corrected chi connectivity index (χ3v) is 4.06. The van der Waals surface area contributed by atoms with Crippen molar-refractivity contribution in [3.05, 3.63) is 11.6 Å². The highest BCUT2D eigenvalue weighted by Gasteiger charge is 2.42. The Balaban J connectivity index is 0.00000176. The molecule has 0 radical (unpaired) electrons. The standard InChI is InChI=1S/C13H19F2N5O.ClH/c1-8(11-19-18-10-4-2-3-5-20(10)11)17-12(21)9-6-13(14,15)7-16-9;/h8-9,16H,2-7H2,1H3,(H,17,21);1H. The van der Waals surface area contributed by atoms with Crippen LogP contribution in [0.25, 0.3) is 0 Å². The highest BCUT2D eigenvalue weighted by atomic mass is 35.5. The number of aryl methyl sites for hydroxylation is 1. The van der Waals surface area contributed by atoms with E-state index in [4.69, 9.17) is 0 Å². The molecule has 1 aromatic heterocycles. The van der Waals surface area contributed by atoms with Gasteiger partial charge in [0.15, 0.2) is 5.82 Å². The second kappa shape index (κ2) is 6.45. The number of carbonyl (C=O) groups is 1. The zero-order valence-electron chi connectivity index (χ0n) is 12.3. The molecule has 0 bridgehead atoms. The van der Waals surface area contributed by atoms with E-state index >= 15 is 0 Å². The molecule has 124 valence electrons. The molecule has 2 aliphatic heterocycles. The lowest BCUT2D eigenvalue weighted by molar-refractivity contribution is -0.124. The number of halogens is 3. The quantitative estimate of drug-likeness (QED) is 0.871. The fourth-order valence-corrected chi connectivity index (χ4v) is 2.93. The number of hydrogen-bond donors (Lipinski definition) is 2. The summed E-state index contributed by atoms with van der Waals surface area (Å²) < 4.78 is 28.3.